The van der Waals surface area contributed by atoms with Crippen LogP contribution >= 0.6 is 11.6 Å². The van der Waals surface area contributed by atoms with Crippen molar-refractivity contribution in [2.45, 2.75) is 5.88 Å². The maximum absolute atomic E-state index is 5.94. The van der Waals surface area contributed by atoms with E-state index < -0.39 is 0 Å². The summed E-state index contributed by atoms with van der Waals surface area (Å²) in [5.74, 6) is 1.97. The SMILES string of the molecule is ClCc1cc(Oc2cccc3ccccc23)ccn1. The molecule has 0 atom stereocenters. The first kappa shape index (κ1) is 12.0. The molecule has 0 bridgehead atoms. The molecule has 2 aromatic carbocycles. The molecule has 0 N–H and O–H groups in total. The molecule has 3 aromatic rings. The number of alkyl halides is 1. The second-order valence-electron chi connectivity index (χ2n) is 4.20. The Morgan fingerprint density at radius 1 is 1.00 bits per heavy atom. The third-order valence-corrected chi connectivity index (χ3v) is 3.18. The van der Waals surface area contributed by atoms with E-state index in [9.17, 15) is 0 Å². The lowest BCUT2D eigenvalue weighted by molar-refractivity contribution is 0.487. The van der Waals surface area contributed by atoms with Crippen LogP contribution < -0.4 is 4.74 Å². The summed E-state index contributed by atoms with van der Waals surface area (Å²) in [4.78, 5) is 4.15. The Labute approximate surface area is 116 Å². The molecule has 0 aliphatic heterocycles. The van der Waals surface area contributed by atoms with Crippen LogP contribution in [0.1, 0.15) is 5.69 Å². The first-order chi connectivity index (χ1) is 9.36. The number of nitrogens with zero attached hydrogens (tertiary/aromatic N) is 1. The molecule has 19 heavy (non-hydrogen) atoms. The zero-order valence-corrected chi connectivity index (χ0v) is 11.0. The standard InChI is InChI=1S/C16H12ClNO/c17-11-13-10-14(8-9-18-13)19-16-7-3-5-12-4-1-2-6-15(12)16/h1-10H,11H2. The number of hydrogen-bond acceptors (Lipinski definition) is 2. The fourth-order valence-electron chi connectivity index (χ4n) is 2.00. The molecule has 1 heterocycles. The largest absolute Gasteiger partial charge is 0.457 e. The lowest BCUT2D eigenvalue weighted by atomic mass is 10.1. The summed E-state index contributed by atoms with van der Waals surface area (Å²) in [6.07, 6.45) is 1.71. The van der Waals surface area contributed by atoms with Crippen molar-refractivity contribution >= 4 is 22.4 Å². The van der Waals surface area contributed by atoms with E-state index in [1.165, 1.54) is 0 Å². The fourth-order valence-corrected chi connectivity index (χ4v) is 2.15. The van der Waals surface area contributed by atoms with E-state index in [1.807, 2.05) is 42.5 Å². The summed E-state index contributed by atoms with van der Waals surface area (Å²) in [5, 5.41) is 2.25. The maximum Gasteiger partial charge on any atom is 0.135 e. The van der Waals surface area contributed by atoms with Gasteiger partial charge in [-0.2, -0.15) is 0 Å². The minimum absolute atomic E-state index is 0.382. The van der Waals surface area contributed by atoms with E-state index in [1.54, 1.807) is 6.20 Å². The van der Waals surface area contributed by atoms with Crippen LogP contribution in [0, 0.1) is 0 Å². The molecule has 0 aliphatic rings. The van der Waals surface area contributed by atoms with E-state index >= 15 is 0 Å². The van der Waals surface area contributed by atoms with Gasteiger partial charge in [-0.3, -0.25) is 4.98 Å². The minimum atomic E-state index is 0.382. The molecule has 0 unspecified atom stereocenters. The molecule has 0 fully saturated rings. The highest BCUT2D eigenvalue weighted by Crippen LogP contribution is 2.29. The molecule has 0 saturated heterocycles. The topological polar surface area (TPSA) is 22.1 Å². The average molecular weight is 270 g/mol. The molecule has 2 nitrogen and oxygen atoms in total. The number of fused-ring (bicyclic) bond motifs is 1. The van der Waals surface area contributed by atoms with Crippen LogP contribution in [0.25, 0.3) is 10.8 Å². The summed E-state index contributed by atoms with van der Waals surface area (Å²) >= 11 is 5.78. The van der Waals surface area contributed by atoms with Crippen LogP contribution in [0.2, 0.25) is 0 Å². The zero-order valence-electron chi connectivity index (χ0n) is 10.2. The highest BCUT2D eigenvalue weighted by atomic mass is 35.5. The van der Waals surface area contributed by atoms with Gasteiger partial charge in [-0.25, -0.2) is 0 Å². The summed E-state index contributed by atoms with van der Waals surface area (Å²) < 4.78 is 5.94. The van der Waals surface area contributed by atoms with Gasteiger partial charge in [0.15, 0.2) is 0 Å². The van der Waals surface area contributed by atoms with Crippen LogP contribution in [0.3, 0.4) is 0 Å². The lowest BCUT2D eigenvalue weighted by Gasteiger charge is -2.09. The van der Waals surface area contributed by atoms with Gasteiger partial charge < -0.3 is 4.74 Å². The third kappa shape index (κ3) is 2.54. The number of benzene rings is 2. The molecular weight excluding hydrogens is 258 g/mol. The third-order valence-electron chi connectivity index (χ3n) is 2.90. The quantitative estimate of drug-likeness (QED) is 0.639. The zero-order chi connectivity index (χ0) is 13.1. The van der Waals surface area contributed by atoms with Crippen molar-refractivity contribution in [3.8, 4) is 11.5 Å². The van der Waals surface area contributed by atoms with E-state index in [0.29, 0.717) is 5.88 Å². The summed E-state index contributed by atoms with van der Waals surface area (Å²) in [6.45, 7) is 0. The summed E-state index contributed by atoms with van der Waals surface area (Å²) in [7, 11) is 0. The lowest BCUT2D eigenvalue weighted by Crippen LogP contribution is -1.89. The molecule has 3 heteroatoms. The van der Waals surface area contributed by atoms with Gasteiger partial charge in [0.25, 0.3) is 0 Å². The van der Waals surface area contributed by atoms with Gasteiger partial charge in [0.05, 0.1) is 11.6 Å². The normalized spacial score (nSPS) is 10.6. The van der Waals surface area contributed by atoms with Crippen LogP contribution in [0.15, 0.2) is 60.8 Å². The molecule has 0 aliphatic carbocycles. The van der Waals surface area contributed by atoms with Crippen molar-refractivity contribution in [1.82, 2.24) is 4.98 Å². The Bertz CT molecular complexity index is 706. The van der Waals surface area contributed by atoms with Crippen LogP contribution in [-0.4, -0.2) is 4.98 Å². The number of rotatable bonds is 3. The van der Waals surface area contributed by atoms with Crippen molar-refractivity contribution in [2.24, 2.45) is 0 Å². The first-order valence-corrected chi connectivity index (χ1v) is 6.57. The van der Waals surface area contributed by atoms with Gasteiger partial charge in [-0.15, -0.1) is 11.6 Å². The Balaban J connectivity index is 2.01. The van der Waals surface area contributed by atoms with Crippen molar-refractivity contribution < 1.29 is 4.74 Å². The van der Waals surface area contributed by atoms with Crippen LogP contribution in [-0.2, 0) is 5.88 Å². The molecule has 0 saturated carbocycles. The second kappa shape index (κ2) is 5.29. The molecular formula is C16H12ClNO. The predicted octanol–water partition coefficient (Wildman–Crippen LogP) is 4.77. The van der Waals surface area contributed by atoms with Gasteiger partial charge in [-0.1, -0.05) is 36.4 Å². The minimum Gasteiger partial charge on any atom is -0.457 e. The molecule has 0 radical (unpaired) electrons. The van der Waals surface area contributed by atoms with Gasteiger partial charge in [0.1, 0.15) is 11.5 Å². The molecule has 1 aromatic heterocycles. The summed E-state index contributed by atoms with van der Waals surface area (Å²) in [6, 6.07) is 17.8. The van der Waals surface area contributed by atoms with Crippen molar-refractivity contribution in [3.05, 3.63) is 66.5 Å². The van der Waals surface area contributed by atoms with E-state index in [2.05, 4.69) is 17.1 Å². The fraction of sp³-hybridized carbons (Fsp3) is 0.0625. The average Bonchev–Trinajstić information content (AvgIpc) is 2.48. The number of ether oxygens (including phenoxy) is 1. The Kier molecular flexibility index (Phi) is 3.34. The predicted molar refractivity (Wildman–Crippen MR) is 77.8 cm³/mol. The number of halogens is 1. The Morgan fingerprint density at radius 2 is 1.84 bits per heavy atom. The van der Waals surface area contributed by atoms with Gasteiger partial charge in [0, 0.05) is 17.6 Å². The molecule has 0 spiro atoms. The van der Waals surface area contributed by atoms with Gasteiger partial charge >= 0.3 is 0 Å². The highest BCUT2D eigenvalue weighted by Gasteiger charge is 2.03. The monoisotopic (exact) mass is 269 g/mol. The van der Waals surface area contributed by atoms with Gasteiger partial charge in [0.2, 0.25) is 0 Å². The highest BCUT2D eigenvalue weighted by molar-refractivity contribution is 6.16. The number of pyridine rings is 1. The van der Waals surface area contributed by atoms with E-state index in [-0.39, 0.29) is 0 Å². The smallest absolute Gasteiger partial charge is 0.135 e. The molecule has 0 amide bonds. The molecule has 94 valence electrons. The van der Waals surface area contributed by atoms with Crippen molar-refractivity contribution in [1.29, 1.82) is 0 Å². The van der Waals surface area contributed by atoms with E-state index in [0.717, 1.165) is 28.0 Å². The molecule has 3 rings (SSSR count). The second-order valence-corrected chi connectivity index (χ2v) is 4.46. The first-order valence-electron chi connectivity index (χ1n) is 6.03. The number of aromatic nitrogens is 1. The van der Waals surface area contributed by atoms with Crippen molar-refractivity contribution in [3.63, 3.8) is 0 Å². The summed E-state index contributed by atoms with van der Waals surface area (Å²) in [5.41, 5.74) is 0.805. The maximum atomic E-state index is 5.94. The Morgan fingerprint density at radius 3 is 2.74 bits per heavy atom. The van der Waals surface area contributed by atoms with Crippen LogP contribution in [0.5, 0.6) is 11.5 Å². The van der Waals surface area contributed by atoms with Crippen LogP contribution in [0.4, 0.5) is 0 Å². The van der Waals surface area contributed by atoms with Crippen molar-refractivity contribution in [2.75, 3.05) is 0 Å². The van der Waals surface area contributed by atoms with Gasteiger partial charge in [-0.05, 0) is 17.5 Å². The number of hydrogen-bond donors (Lipinski definition) is 0. The van der Waals surface area contributed by atoms with E-state index in [4.69, 9.17) is 16.3 Å². The Hall–Kier alpha value is -2.06.